The highest BCUT2D eigenvalue weighted by atomic mass is 14.6. The maximum absolute atomic E-state index is 2.65. The number of allylic oxidation sites excluding steroid dienone is 4. The minimum Gasteiger partial charge on any atom is -0.0808 e. The standard InChI is InChI=1S/C54H42/c1-32-20-23-38-37-25-27-43-46-30-45-41-16-6-9-17-47(41)53(2,3)50(45)31-51(46)54(48-18-10-7-14-39(48)40-15-8-11-19-49(40)54)52(43)42(37)26-24-36(44(38)28-32)35-22-21-33-12-4-5-13-34(33)29-35/h4-23,25,27,29-32,36H,24,26,28H2,1-3H3. The molecule has 0 aromatic heterocycles. The van der Waals surface area contributed by atoms with Crippen LogP contribution < -0.4 is 0 Å². The lowest BCUT2D eigenvalue weighted by atomic mass is 9.67. The van der Waals surface area contributed by atoms with Crippen LogP contribution in [0, 0.1) is 5.92 Å². The van der Waals surface area contributed by atoms with Crippen LogP contribution in [0.2, 0.25) is 0 Å². The predicted octanol–water partition coefficient (Wildman–Crippen LogP) is 13.6. The Morgan fingerprint density at radius 1 is 0.519 bits per heavy atom. The number of benzene rings is 7. The summed E-state index contributed by atoms with van der Waals surface area (Å²) in [5, 5.41) is 2.66. The molecule has 0 heterocycles. The van der Waals surface area contributed by atoms with E-state index in [9.17, 15) is 0 Å². The molecule has 12 rings (SSSR count). The first-order valence-electron chi connectivity index (χ1n) is 20.0. The van der Waals surface area contributed by atoms with Crippen molar-refractivity contribution in [2.45, 2.75) is 56.8 Å². The first-order valence-corrected chi connectivity index (χ1v) is 20.0. The van der Waals surface area contributed by atoms with E-state index in [1.54, 1.807) is 11.1 Å². The Kier molecular flexibility index (Phi) is 6.09. The van der Waals surface area contributed by atoms with E-state index < -0.39 is 5.41 Å². The summed E-state index contributed by atoms with van der Waals surface area (Å²) >= 11 is 0. The maximum Gasteiger partial charge on any atom is 0.0728 e. The molecule has 5 aliphatic carbocycles. The molecule has 7 aromatic carbocycles. The molecule has 0 aliphatic heterocycles. The first kappa shape index (κ1) is 30.7. The smallest absolute Gasteiger partial charge is 0.0728 e. The van der Waals surface area contributed by atoms with Crippen molar-refractivity contribution < 1.29 is 0 Å². The van der Waals surface area contributed by atoms with Crippen LogP contribution in [0.1, 0.15) is 89.6 Å². The fourth-order valence-corrected chi connectivity index (χ4v) is 11.8. The number of fused-ring (bicyclic) bond motifs is 17. The second-order valence-electron chi connectivity index (χ2n) is 17.1. The molecule has 2 unspecified atom stereocenters. The SMILES string of the molecule is CC1C=CC2=C(C1)C(c1ccc3ccccc3c1)CCc1c2ccc2c1C1(c3ccccc3-c3ccccc31)c1cc3c(cc1-2)-c1ccccc1C3(C)C. The topological polar surface area (TPSA) is 0 Å². The lowest BCUT2D eigenvalue weighted by Crippen LogP contribution is -2.28. The van der Waals surface area contributed by atoms with Gasteiger partial charge >= 0.3 is 0 Å². The fourth-order valence-electron chi connectivity index (χ4n) is 11.8. The van der Waals surface area contributed by atoms with E-state index in [-0.39, 0.29) is 5.41 Å². The highest BCUT2D eigenvalue weighted by Crippen LogP contribution is 2.66. The summed E-state index contributed by atoms with van der Waals surface area (Å²) in [4.78, 5) is 0. The zero-order valence-corrected chi connectivity index (χ0v) is 31.2. The molecule has 0 radical (unpaired) electrons. The van der Waals surface area contributed by atoms with Gasteiger partial charge in [-0.05, 0) is 131 Å². The molecule has 0 nitrogen and oxygen atoms in total. The van der Waals surface area contributed by atoms with E-state index >= 15 is 0 Å². The van der Waals surface area contributed by atoms with E-state index in [0.717, 1.165) is 19.3 Å². The third-order valence-electron chi connectivity index (χ3n) is 14.1. The van der Waals surface area contributed by atoms with Gasteiger partial charge in [-0.2, -0.15) is 0 Å². The molecule has 0 saturated carbocycles. The van der Waals surface area contributed by atoms with Gasteiger partial charge in [0, 0.05) is 11.3 Å². The molecule has 0 bridgehead atoms. The molecule has 0 amide bonds. The molecule has 0 heteroatoms. The van der Waals surface area contributed by atoms with E-state index in [4.69, 9.17) is 0 Å². The van der Waals surface area contributed by atoms with Gasteiger partial charge in [0.2, 0.25) is 0 Å². The minimum absolute atomic E-state index is 0.0815. The molecule has 258 valence electrons. The molecular weight excluding hydrogens is 649 g/mol. The summed E-state index contributed by atoms with van der Waals surface area (Å²) in [5.41, 5.74) is 24.2. The van der Waals surface area contributed by atoms with Gasteiger partial charge in [0.1, 0.15) is 0 Å². The lowest BCUT2D eigenvalue weighted by molar-refractivity contribution is 0.620. The van der Waals surface area contributed by atoms with Gasteiger partial charge in [-0.1, -0.05) is 172 Å². The molecule has 0 N–H and O–H groups in total. The van der Waals surface area contributed by atoms with Crippen molar-refractivity contribution >= 4 is 16.3 Å². The monoisotopic (exact) mass is 690 g/mol. The number of hydrogen-bond donors (Lipinski definition) is 0. The number of hydrogen-bond acceptors (Lipinski definition) is 0. The fraction of sp³-hybridized carbons (Fsp3) is 0.185. The quantitative estimate of drug-likeness (QED) is 0.161. The van der Waals surface area contributed by atoms with E-state index in [1.165, 1.54) is 94.2 Å². The van der Waals surface area contributed by atoms with Crippen LogP contribution in [0.4, 0.5) is 0 Å². The second kappa shape index (κ2) is 10.7. The van der Waals surface area contributed by atoms with Crippen LogP contribution in [0.3, 0.4) is 0 Å². The zero-order chi connectivity index (χ0) is 35.9. The van der Waals surface area contributed by atoms with Gasteiger partial charge in [-0.25, -0.2) is 0 Å². The van der Waals surface area contributed by atoms with Crippen LogP contribution in [0.5, 0.6) is 0 Å². The van der Waals surface area contributed by atoms with Crippen molar-refractivity contribution in [1.29, 1.82) is 0 Å². The van der Waals surface area contributed by atoms with E-state index in [1.807, 2.05) is 0 Å². The average molecular weight is 691 g/mol. The summed E-state index contributed by atoms with van der Waals surface area (Å²) in [6, 6.07) is 54.1. The van der Waals surface area contributed by atoms with E-state index in [0.29, 0.717) is 11.8 Å². The van der Waals surface area contributed by atoms with Crippen molar-refractivity contribution in [2.24, 2.45) is 5.92 Å². The summed E-state index contributed by atoms with van der Waals surface area (Å²) in [7, 11) is 0. The van der Waals surface area contributed by atoms with Gasteiger partial charge in [0.15, 0.2) is 0 Å². The van der Waals surface area contributed by atoms with Crippen molar-refractivity contribution in [2.75, 3.05) is 0 Å². The molecular formula is C54H42. The Morgan fingerprint density at radius 2 is 1.15 bits per heavy atom. The van der Waals surface area contributed by atoms with Crippen molar-refractivity contribution in [3.8, 4) is 33.4 Å². The molecule has 5 aliphatic rings. The Morgan fingerprint density at radius 3 is 1.91 bits per heavy atom. The van der Waals surface area contributed by atoms with Crippen LogP contribution in [-0.2, 0) is 17.3 Å². The van der Waals surface area contributed by atoms with Gasteiger partial charge in [0.05, 0.1) is 5.41 Å². The summed E-state index contributed by atoms with van der Waals surface area (Å²) < 4.78 is 0. The molecule has 1 spiro atoms. The molecule has 0 fully saturated rings. The molecule has 2 atom stereocenters. The third-order valence-corrected chi connectivity index (χ3v) is 14.1. The van der Waals surface area contributed by atoms with Crippen molar-refractivity contribution in [1.82, 2.24) is 0 Å². The summed E-state index contributed by atoms with van der Waals surface area (Å²) in [6.07, 6.45) is 8.21. The predicted molar refractivity (Wildman–Crippen MR) is 225 cm³/mol. The lowest BCUT2D eigenvalue weighted by Gasteiger charge is -2.34. The molecule has 0 saturated heterocycles. The minimum atomic E-state index is -0.391. The third kappa shape index (κ3) is 3.79. The van der Waals surface area contributed by atoms with Crippen molar-refractivity contribution in [3.05, 3.63) is 207 Å². The Hall–Kier alpha value is -5.72. The molecule has 7 aromatic rings. The van der Waals surface area contributed by atoms with Crippen LogP contribution >= 0.6 is 0 Å². The first-order chi connectivity index (χ1) is 26.4. The van der Waals surface area contributed by atoms with Crippen LogP contribution in [0.15, 0.2) is 157 Å². The zero-order valence-electron chi connectivity index (χ0n) is 31.2. The average Bonchev–Trinajstić information content (AvgIpc) is 3.70. The largest absolute Gasteiger partial charge is 0.0808 e. The van der Waals surface area contributed by atoms with Gasteiger partial charge < -0.3 is 0 Å². The van der Waals surface area contributed by atoms with E-state index in [2.05, 4.69) is 172 Å². The van der Waals surface area contributed by atoms with Gasteiger partial charge in [0.25, 0.3) is 0 Å². The number of rotatable bonds is 1. The van der Waals surface area contributed by atoms with Crippen LogP contribution in [-0.4, -0.2) is 0 Å². The normalized spacial score (nSPS) is 20.1. The van der Waals surface area contributed by atoms with Crippen LogP contribution in [0.25, 0.3) is 49.7 Å². The summed E-state index contributed by atoms with van der Waals surface area (Å²) in [5.74, 6) is 0.907. The Labute approximate surface area is 318 Å². The van der Waals surface area contributed by atoms with Gasteiger partial charge in [-0.3, -0.25) is 0 Å². The maximum atomic E-state index is 2.65. The Bertz CT molecular complexity index is 2810. The summed E-state index contributed by atoms with van der Waals surface area (Å²) in [6.45, 7) is 7.25. The highest BCUT2D eigenvalue weighted by molar-refractivity contribution is 6.00. The van der Waals surface area contributed by atoms with Crippen molar-refractivity contribution in [3.63, 3.8) is 0 Å². The second-order valence-corrected chi connectivity index (χ2v) is 17.1. The molecule has 54 heavy (non-hydrogen) atoms. The van der Waals surface area contributed by atoms with Gasteiger partial charge in [-0.15, -0.1) is 0 Å². The Balaban J connectivity index is 1.16. The highest BCUT2D eigenvalue weighted by Gasteiger charge is 2.54.